The molecular weight excluding hydrogens is 232 g/mol. The average molecular weight is 254 g/mol. The Bertz CT molecular complexity index is 541. The Balaban J connectivity index is 2.34. The molecule has 0 saturated carbocycles. The number of aryl methyl sites for hydroxylation is 3. The molecule has 0 aromatic heterocycles. The molecule has 0 radical (unpaired) electrons. The van der Waals surface area contributed by atoms with Gasteiger partial charge in [-0.1, -0.05) is 42.5 Å². The smallest absolute Gasteiger partial charge is 0.0505 e. The normalized spacial score (nSPS) is 12.4. The van der Waals surface area contributed by atoms with Gasteiger partial charge in [0, 0.05) is 0 Å². The zero-order chi connectivity index (χ0) is 13.8. The third-order valence-electron chi connectivity index (χ3n) is 3.78. The molecule has 2 nitrogen and oxygen atoms in total. The van der Waals surface area contributed by atoms with Gasteiger partial charge in [-0.25, -0.2) is 0 Å². The van der Waals surface area contributed by atoms with Crippen molar-refractivity contribution < 1.29 is 0 Å². The van der Waals surface area contributed by atoms with Crippen LogP contribution in [0.2, 0.25) is 0 Å². The molecule has 19 heavy (non-hydrogen) atoms. The quantitative estimate of drug-likeness (QED) is 0.648. The molecule has 0 aliphatic heterocycles. The molecule has 0 saturated heterocycles. The zero-order valence-corrected chi connectivity index (χ0v) is 11.9. The van der Waals surface area contributed by atoms with E-state index in [0.717, 1.165) is 6.42 Å². The Labute approximate surface area is 115 Å². The Morgan fingerprint density at radius 1 is 0.895 bits per heavy atom. The number of rotatable bonds is 4. The van der Waals surface area contributed by atoms with Gasteiger partial charge in [-0.15, -0.1) is 0 Å². The molecule has 0 fully saturated rings. The fraction of sp³-hybridized carbons (Fsp3) is 0.294. The van der Waals surface area contributed by atoms with Gasteiger partial charge in [0.2, 0.25) is 0 Å². The van der Waals surface area contributed by atoms with Crippen molar-refractivity contribution in [2.45, 2.75) is 33.2 Å². The summed E-state index contributed by atoms with van der Waals surface area (Å²) in [5.74, 6) is 5.79. The monoisotopic (exact) mass is 254 g/mol. The molecule has 1 atom stereocenters. The van der Waals surface area contributed by atoms with Crippen LogP contribution in [0.25, 0.3) is 0 Å². The van der Waals surface area contributed by atoms with E-state index in [-0.39, 0.29) is 6.04 Å². The predicted molar refractivity (Wildman–Crippen MR) is 80.9 cm³/mol. The lowest BCUT2D eigenvalue weighted by atomic mass is 9.91. The first-order valence-electron chi connectivity index (χ1n) is 6.70. The minimum Gasteiger partial charge on any atom is -0.271 e. The van der Waals surface area contributed by atoms with Crippen molar-refractivity contribution in [3.63, 3.8) is 0 Å². The van der Waals surface area contributed by atoms with Crippen LogP contribution in [0.1, 0.15) is 33.9 Å². The molecular formula is C17H22N2. The highest BCUT2D eigenvalue weighted by molar-refractivity contribution is 5.38. The van der Waals surface area contributed by atoms with Crippen molar-refractivity contribution in [1.82, 2.24) is 5.43 Å². The summed E-state index contributed by atoms with van der Waals surface area (Å²) in [6, 6.07) is 15.0. The van der Waals surface area contributed by atoms with E-state index in [9.17, 15) is 0 Å². The molecule has 0 aliphatic rings. The lowest BCUT2D eigenvalue weighted by Gasteiger charge is -2.21. The minimum atomic E-state index is 0.155. The van der Waals surface area contributed by atoms with Crippen LogP contribution >= 0.6 is 0 Å². The summed E-state index contributed by atoms with van der Waals surface area (Å²) in [6.07, 6.45) is 0.912. The Morgan fingerprint density at radius 2 is 1.47 bits per heavy atom. The number of hydrazine groups is 1. The SMILES string of the molecule is Cc1ccccc1CC(NN)c1c(C)cccc1C. The van der Waals surface area contributed by atoms with Crippen LogP contribution in [0.15, 0.2) is 42.5 Å². The van der Waals surface area contributed by atoms with Crippen molar-refractivity contribution >= 4 is 0 Å². The van der Waals surface area contributed by atoms with E-state index < -0.39 is 0 Å². The fourth-order valence-corrected chi connectivity index (χ4v) is 2.68. The van der Waals surface area contributed by atoms with Crippen LogP contribution in [0.5, 0.6) is 0 Å². The molecule has 0 heterocycles. The van der Waals surface area contributed by atoms with Gasteiger partial charge in [-0.05, 0) is 55.0 Å². The number of benzene rings is 2. The van der Waals surface area contributed by atoms with Gasteiger partial charge in [-0.2, -0.15) is 0 Å². The summed E-state index contributed by atoms with van der Waals surface area (Å²) in [4.78, 5) is 0. The Kier molecular flexibility index (Phi) is 4.35. The maximum atomic E-state index is 5.79. The van der Waals surface area contributed by atoms with Crippen LogP contribution in [-0.2, 0) is 6.42 Å². The van der Waals surface area contributed by atoms with Gasteiger partial charge in [0.05, 0.1) is 6.04 Å². The molecule has 100 valence electrons. The van der Waals surface area contributed by atoms with Gasteiger partial charge < -0.3 is 0 Å². The van der Waals surface area contributed by atoms with E-state index in [1.807, 2.05) is 0 Å². The van der Waals surface area contributed by atoms with Crippen molar-refractivity contribution in [2.24, 2.45) is 5.84 Å². The second-order valence-corrected chi connectivity index (χ2v) is 5.16. The molecule has 0 spiro atoms. The summed E-state index contributed by atoms with van der Waals surface area (Å²) in [7, 11) is 0. The predicted octanol–water partition coefficient (Wildman–Crippen LogP) is 3.36. The van der Waals surface area contributed by atoms with E-state index in [2.05, 4.69) is 68.7 Å². The Morgan fingerprint density at radius 3 is 2.05 bits per heavy atom. The van der Waals surface area contributed by atoms with Crippen molar-refractivity contribution in [3.05, 3.63) is 70.3 Å². The van der Waals surface area contributed by atoms with E-state index >= 15 is 0 Å². The van der Waals surface area contributed by atoms with Crippen LogP contribution in [0.4, 0.5) is 0 Å². The van der Waals surface area contributed by atoms with Crippen LogP contribution in [0.3, 0.4) is 0 Å². The van der Waals surface area contributed by atoms with Crippen LogP contribution < -0.4 is 11.3 Å². The van der Waals surface area contributed by atoms with Gasteiger partial charge >= 0.3 is 0 Å². The third kappa shape index (κ3) is 3.03. The number of nitrogens with two attached hydrogens (primary N) is 1. The van der Waals surface area contributed by atoms with Gasteiger partial charge in [0.1, 0.15) is 0 Å². The van der Waals surface area contributed by atoms with Crippen molar-refractivity contribution in [1.29, 1.82) is 0 Å². The van der Waals surface area contributed by atoms with Crippen LogP contribution in [0, 0.1) is 20.8 Å². The maximum absolute atomic E-state index is 5.79. The summed E-state index contributed by atoms with van der Waals surface area (Å²) in [5.41, 5.74) is 9.52. The lowest BCUT2D eigenvalue weighted by molar-refractivity contribution is 0.545. The summed E-state index contributed by atoms with van der Waals surface area (Å²) in [6.45, 7) is 6.43. The third-order valence-corrected chi connectivity index (χ3v) is 3.78. The molecule has 2 aromatic rings. The van der Waals surface area contributed by atoms with E-state index in [1.165, 1.54) is 27.8 Å². The number of hydrogen-bond acceptors (Lipinski definition) is 2. The Hall–Kier alpha value is -1.64. The standard InChI is InChI=1S/C17H22N2/c1-12-7-4-5-10-15(12)11-16(19-18)17-13(2)8-6-9-14(17)3/h4-10,16,19H,11,18H2,1-3H3. The molecule has 0 amide bonds. The van der Waals surface area contributed by atoms with Crippen LogP contribution in [-0.4, -0.2) is 0 Å². The first kappa shape index (κ1) is 13.8. The largest absolute Gasteiger partial charge is 0.271 e. The van der Waals surface area contributed by atoms with Gasteiger partial charge in [0.25, 0.3) is 0 Å². The van der Waals surface area contributed by atoms with E-state index in [1.54, 1.807) is 0 Å². The lowest BCUT2D eigenvalue weighted by Crippen LogP contribution is -2.30. The molecule has 0 bridgehead atoms. The highest BCUT2D eigenvalue weighted by Gasteiger charge is 2.15. The van der Waals surface area contributed by atoms with Crippen molar-refractivity contribution in [2.75, 3.05) is 0 Å². The second-order valence-electron chi connectivity index (χ2n) is 5.16. The highest BCUT2D eigenvalue weighted by Crippen LogP contribution is 2.25. The minimum absolute atomic E-state index is 0.155. The molecule has 1 unspecified atom stereocenters. The molecule has 0 aliphatic carbocycles. The summed E-state index contributed by atoms with van der Waals surface area (Å²) in [5, 5.41) is 0. The average Bonchev–Trinajstić information content (AvgIpc) is 2.39. The first-order valence-corrected chi connectivity index (χ1v) is 6.70. The van der Waals surface area contributed by atoms with Gasteiger partial charge in [-0.3, -0.25) is 11.3 Å². The van der Waals surface area contributed by atoms with E-state index in [4.69, 9.17) is 5.84 Å². The topological polar surface area (TPSA) is 38.0 Å². The number of nitrogens with one attached hydrogen (secondary N) is 1. The summed E-state index contributed by atoms with van der Waals surface area (Å²) >= 11 is 0. The van der Waals surface area contributed by atoms with Gasteiger partial charge in [0.15, 0.2) is 0 Å². The summed E-state index contributed by atoms with van der Waals surface area (Å²) < 4.78 is 0. The first-order chi connectivity index (χ1) is 9.13. The second kappa shape index (κ2) is 6.00. The fourth-order valence-electron chi connectivity index (χ4n) is 2.68. The molecule has 2 heteroatoms. The molecule has 2 aromatic carbocycles. The molecule has 3 N–H and O–H groups in total. The zero-order valence-electron chi connectivity index (χ0n) is 11.9. The maximum Gasteiger partial charge on any atom is 0.0505 e. The molecule has 2 rings (SSSR count). The van der Waals surface area contributed by atoms with E-state index in [0.29, 0.717) is 0 Å². The number of hydrogen-bond donors (Lipinski definition) is 2. The van der Waals surface area contributed by atoms with Crippen molar-refractivity contribution in [3.8, 4) is 0 Å². The highest BCUT2D eigenvalue weighted by atomic mass is 15.2.